The number of anilines is 2. The lowest BCUT2D eigenvalue weighted by molar-refractivity contribution is -0.126. The van der Waals surface area contributed by atoms with Gasteiger partial charge in [0.2, 0.25) is 5.91 Å². The highest BCUT2D eigenvalue weighted by molar-refractivity contribution is 6.23. The quantitative estimate of drug-likeness (QED) is 0.258. The maximum absolute atomic E-state index is 13.9. The maximum Gasteiger partial charge on any atom is 0.266 e. The van der Waals surface area contributed by atoms with Gasteiger partial charge in [-0.2, -0.15) is 0 Å². The Hall–Kier alpha value is -4.62. The molecule has 2 heterocycles. The average molecular weight is 535 g/mol. The van der Waals surface area contributed by atoms with Crippen LogP contribution in [-0.4, -0.2) is 24.5 Å². The number of imide groups is 1. The molecule has 4 aromatic carbocycles. The van der Waals surface area contributed by atoms with E-state index in [0.29, 0.717) is 30.4 Å². The molecule has 4 aromatic rings. The molecule has 202 valence electrons. The number of hydrogen-bond donors (Lipinski definition) is 0. The Kier molecular flexibility index (Phi) is 6.97. The van der Waals surface area contributed by atoms with Gasteiger partial charge >= 0.3 is 0 Å². The van der Waals surface area contributed by atoms with Crippen molar-refractivity contribution in [3.05, 3.63) is 120 Å². The van der Waals surface area contributed by atoms with Crippen LogP contribution in [0.25, 0.3) is 0 Å². The molecule has 0 radical (unpaired) electrons. The molecule has 0 unspecified atom stereocenters. The number of carbonyl (C=O) groups is 2. The summed E-state index contributed by atoms with van der Waals surface area (Å²) in [4.78, 5) is 35.0. The van der Waals surface area contributed by atoms with Crippen molar-refractivity contribution in [3.8, 4) is 11.5 Å². The van der Waals surface area contributed by atoms with Crippen LogP contribution >= 0.6 is 0 Å². The van der Waals surface area contributed by atoms with E-state index in [1.165, 1.54) is 4.90 Å². The Balaban J connectivity index is 1.37. The first-order chi connectivity index (χ1) is 19.5. The van der Waals surface area contributed by atoms with E-state index in [0.717, 1.165) is 22.4 Å². The zero-order chi connectivity index (χ0) is 27.6. The highest BCUT2D eigenvalue weighted by Gasteiger charge is 2.60. The summed E-state index contributed by atoms with van der Waals surface area (Å²) in [6.07, 6.45) is -0.941. The first-order valence-corrected chi connectivity index (χ1v) is 13.4. The van der Waals surface area contributed by atoms with Crippen LogP contribution in [0.5, 0.6) is 11.5 Å². The van der Waals surface area contributed by atoms with Gasteiger partial charge in [-0.05, 0) is 61.4 Å². The first-order valence-electron chi connectivity index (χ1n) is 13.4. The maximum atomic E-state index is 13.9. The van der Waals surface area contributed by atoms with Gasteiger partial charge in [-0.15, -0.1) is 0 Å². The summed E-state index contributed by atoms with van der Waals surface area (Å²) in [7, 11) is 0. The van der Waals surface area contributed by atoms with Gasteiger partial charge in [-0.25, -0.2) is 9.96 Å². The minimum atomic E-state index is -0.941. The van der Waals surface area contributed by atoms with E-state index in [4.69, 9.17) is 14.3 Å². The summed E-state index contributed by atoms with van der Waals surface area (Å²) in [6.45, 7) is 4.72. The van der Waals surface area contributed by atoms with Crippen molar-refractivity contribution in [2.24, 2.45) is 5.92 Å². The lowest BCUT2D eigenvalue weighted by Crippen LogP contribution is -2.37. The second-order valence-electron chi connectivity index (χ2n) is 9.92. The van der Waals surface area contributed by atoms with E-state index >= 15 is 0 Å². The van der Waals surface area contributed by atoms with E-state index in [1.54, 1.807) is 17.2 Å². The molecule has 0 saturated carbocycles. The Morgan fingerprint density at radius 2 is 1.45 bits per heavy atom. The smallest absolute Gasteiger partial charge is 0.266 e. The molecule has 0 bridgehead atoms. The van der Waals surface area contributed by atoms with Gasteiger partial charge in [-0.3, -0.25) is 14.4 Å². The number of aryl methyl sites for hydroxylation is 1. The van der Waals surface area contributed by atoms with E-state index in [9.17, 15) is 9.59 Å². The van der Waals surface area contributed by atoms with Crippen molar-refractivity contribution in [1.82, 2.24) is 0 Å². The third-order valence-corrected chi connectivity index (χ3v) is 7.26. The zero-order valence-corrected chi connectivity index (χ0v) is 22.4. The van der Waals surface area contributed by atoms with E-state index in [1.807, 2.05) is 105 Å². The standard InChI is InChI=1S/C33H30N2O5/c1-3-38-28-20-24(16-19-27(28)39-21-23-10-6-4-7-11-23)30-29-31(40-35(30)26-12-8-5-9-13-26)33(37)34(32(29)36)25-17-14-22(2)15-18-25/h4-20,29-31H,3,21H2,1-2H3/t29-,30-,31+/m1/s1. The number of para-hydroxylation sites is 1. The number of rotatable bonds is 8. The fourth-order valence-electron chi connectivity index (χ4n) is 5.33. The number of amides is 2. The van der Waals surface area contributed by atoms with Gasteiger partial charge < -0.3 is 9.47 Å². The molecule has 40 heavy (non-hydrogen) atoms. The molecule has 7 nitrogen and oxygen atoms in total. The zero-order valence-electron chi connectivity index (χ0n) is 22.4. The number of carbonyl (C=O) groups excluding carboxylic acids is 2. The van der Waals surface area contributed by atoms with Crippen molar-refractivity contribution >= 4 is 23.2 Å². The second kappa shape index (κ2) is 10.9. The van der Waals surface area contributed by atoms with E-state index < -0.39 is 18.1 Å². The average Bonchev–Trinajstić information content (AvgIpc) is 3.49. The summed E-state index contributed by atoms with van der Waals surface area (Å²) in [6, 6.07) is 31.9. The van der Waals surface area contributed by atoms with Gasteiger partial charge in [0, 0.05) is 0 Å². The molecule has 0 aliphatic carbocycles. The van der Waals surface area contributed by atoms with Crippen LogP contribution in [0.1, 0.15) is 29.7 Å². The minimum Gasteiger partial charge on any atom is -0.490 e. The molecule has 0 aromatic heterocycles. The van der Waals surface area contributed by atoms with Crippen LogP contribution in [0.15, 0.2) is 103 Å². The minimum absolute atomic E-state index is 0.287. The molecule has 2 saturated heterocycles. The molecule has 2 amide bonds. The largest absolute Gasteiger partial charge is 0.490 e. The number of fused-ring (bicyclic) bond motifs is 1. The molecule has 2 aliphatic heterocycles. The molecule has 2 aliphatic rings. The summed E-state index contributed by atoms with van der Waals surface area (Å²) >= 11 is 0. The number of hydrogen-bond acceptors (Lipinski definition) is 6. The Morgan fingerprint density at radius 1 is 0.750 bits per heavy atom. The Labute approximate surface area is 233 Å². The van der Waals surface area contributed by atoms with Crippen molar-refractivity contribution in [3.63, 3.8) is 0 Å². The molecule has 7 heteroatoms. The van der Waals surface area contributed by atoms with Crippen LogP contribution < -0.4 is 19.4 Å². The number of hydroxylamine groups is 1. The fraction of sp³-hybridized carbons (Fsp3) is 0.212. The molecule has 6 rings (SSSR count). The van der Waals surface area contributed by atoms with Crippen molar-refractivity contribution in [1.29, 1.82) is 0 Å². The Morgan fingerprint density at radius 3 is 2.15 bits per heavy atom. The van der Waals surface area contributed by atoms with Gasteiger partial charge in [-0.1, -0.05) is 72.3 Å². The van der Waals surface area contributed by atoms with Gasteiger partial charge in [0.05, 0.1) is 24.0 Å². The van der Waals surface area contributed by atoms with Crippen LogP contribution in [-0.2, 0) is 21.0 Å². The molecular weight excluding hydrogens is 504 g/mol. The van der Waals surface area contributed by atoms with E-state index in [2.05, 4.69) is 0 Å². The van der Waals surface area contributed by atoms with Crippen LogP contribution in [0.4, 0.5) is 11.4 Å². The SMILES string of the molecule is CCOc1cc([C@@H]2[C@H]3C(=O)N(c4ccc(C)cc4)C(=O)[C@H]3ON2c2ccccc2)ccc1OCc1ccccc1. The topological polar surface area (TPSA) is 68.3 Å². The second-order valence-corrected chi connectivity index (χ2v) is 9.92. The molecular formula is C33H30N2O5. The number of benzene rings is 4. The summed E-state index contributed by atoms with van der Waals surface area (Å²) < 4.78 is 12.1. The fourth-order valence-corrected chi connectivity index (χ4v) is 5.33. The van der Waals surface area contributed by atoms with Crippen molar-refractivity contribution < 1.29 is 23.9 Å². The monoisotopic (exact) mass is 534 g/mol. The predicted octanol–water partition coefficient (Wildman–Crippen LogP) is 6.02. The third-order valence-electron chi connectivity index (χ3n) is 7.26. The van der Waals surface area contributed by atoms with Gasteiger partial charge in [0.1, 0.15) is 12.5 Å². The Bertz CT molecular complexity index is 1510. The summed E-state index contributed by atoms with van der Waals surface area (Å²) in [5.41, 5.74) is 4.18. The third kappa shape index (κ3) is 4.69. The highest BCUT2D eigenvalue weighted by Crippen LogP contribution is 2.48. The van der Waals surface area contributed by atoms with Crippen LogP contribution in [0, 0.1) is 12.8 Å². The predicted molar refractivity (Wildman–Crippen MR) is 152 cm³/mol. The van der Waals surface area contributed by atoms with Gasteiger partial charge in [0.25, 0.3) is 5.91 Å². The first kappa shape index (κ1) is 25.6. The van der Waals surface area contributed by atoms with Crippen LogP contribution in [0.2, 0.25) is 0 Å². The molecule has 2 fully saturated rings. The highest BCUT2D eigenvalue weighted by atomic mass is 16.7. The molecule has 3 atom stereocenters. The summed E-state index contributed by atoms with van der Waals surface area (Å²) in [5.74, 6) is -0.217. The van der Waals surface area contributed by atoms with E-state index in [-0.39, 0.29) is 11.8 Å². The number of ether oxygens (including phenoxy) is 2. The lowest BCUT2D eigenvalue weighted by atomic mass is 9.90. The summed E-state index contributed by atoms with van der Waals surface area (Å²) in [5, 5.41) is 1.69. The van der Waals surface area contributed by atoms with Gasteiger partial charge in [0.15, 0.2) is 17.6 Å². The lowest BCUT2D eigenvalue weighted by Gasteiger charge is -2.29. The van der Waals surface area contributed by atoms with Crippen molar-refractivity contribution in [2.45, 2.75) is 32.6 Å². The number of nitrogens with zero attached hydrogens (tertiary/aromatic N) is 2. The molecule has 0 N–H and O–H groups in total. The van der Waals surface area contributed by atoms with Crippen LogP contribution in [0.3, 0.4) is 0 Å². The normalized spacial score (nSPS) is 20.1. The van der Waals surface area contributed by atoms with Crippen molar-refractivity contribution in [2.75, 3.05) is 16.6 Å². The molecule has 0 spiro atoms.